The number of hydrogen-bond acceptors (Lipinski definition) is 3. The van der Waals surface area contributed by atoms with E-state index in [1.165, 1.54) is 0 Å². The lowest BCUT2D eigenvalue weighted by Gasteiger charge is -2.28. The van der Waals surface area contributed by atoms with Gasteiger partial charge in [-0.3, -0.25) is 0 Å². The molecule has 0 aliphatic rings. The maximum Gasteiger partial charge on any atom is 0.0520 e. The molecular weight excluding hydrogens is 200 g/mol. The number of rotatable bonds is 10. The minimum atomic E-state index is 0.246. The molecule has 0 amide bonds. The van der Waals surface area contributed by atoms with E-state index in [9.17, 15) is 0 Å². The van der Waals surface area contributed by atoms with Gasteiger partial charge < -0.3 is 16.2 Å². The molecule has 0 radical (unpaired) electrons. The van der Waals surface area contributed by atoms with Crippen LogP contribution in [0.5, 0.6) is 0 Å². The average Bonchev–Trinajstić information content (AvgIpc) is 2.28. The molecule has 0 bridgehead atoms. The zero-order chi connectivity index (χ0) is 12.4. The summed E-state index contributed by atoms with van der Waals surface area (Å²) in [5.74, 6) is 0.615. The Hall–Kier alpha value is -0.120. The zero-order valence-corrected chi connectivity index (χ0v) is 11.3. The van der Waals surface area contributed by atoms with Crippen LogP contribution in [0.15, 0.2) is 0 Å². The Morgan fingerprint density at radius 1 is 1.19 bits per heavy atom. The van der Waals surface area contributed by atoms with Crippen molar-refractivity contribution in [1.29, 1.82) is 0 Å². The molecule has 0 saturated heterocycles. The third-order valence-electron chi connectivity index (χ3n) is 3.56. The second-order valence-corrected chi connectivity index (χ2v) is 5.07. The fraction of sp³-hybridized carbons (Fsp3) is 1.00. The summed E-state index contributed by atoms with van der Waals surface area (Å²) in [6.45, 7) is 9.82. The van der Waals surface area contributed by atoms with Crippen molar-refractivity contribution in [1.82, 2.24) is 0 Å². The van der Waals surface area contributed by atoms with E-state index in [2.05, 4.69) is 20.8 Å². The highest BCUT2D eigenvalue weighted by molar-refractivity contribution is 4.72. The Kier molecular flexibility index (Phi) is 8.90. The summed E-state index contributed by atoms with van der Waals surface area (Å²) in [5.41, 5.74) is 11.4. The second kappa shape index (κ2) is 8.97. The van der Waals surface area contributed by atoms with Crippen LogP contribution >= 0.6 is 0 Å². The molecule has 16 heavy (non-hydrogen) atoms. The molecule has 0 aromatic rings. The Bertz CT molecular complexity index is 164. The molecule has 3 nitrogen and oxygen atoms in total. The number of hydrogen-bond donors (Lipinski definition) is 2. The van der Waals surface area contributed by atoms with Gasteiger partial charge in [0.15, 0.2) is 0 Å². The molecule has 0 aliphatic carbocycles. The Morgan fingerprint density at radius 2 is 1.88 bits per heavy atom. The third kappa shape index (κ3) is 6.46. The van der Waals surface area contributed by atoms with Gasteiger partial charge in [-0.2, -0.15) is 0 Å². The first kappa shape index (κ1) is 15.9. The van der Waals surface area contributed by atoms with Crippen LogP contribution in [0.2, 0.25) is 0 Å². The molecule has 0 rings (SSSR count). The first-order chi connectivity index (χ1) is 7.61. The van der Waals surface area contributed by atoms with Crippen molar-refractivity contribution in [3.63, 3.8) is 0 Å². The van der Waals surface area contributed by atoms with E-state index in [-0.39, 0.29) is 5.41 Å². The molecule has 98 valence electrons. The highest BCUT2D eigenvalue weighted by atomic mass is 16.5. The molecule has 0 saturated carbocycles. The highest BCUT2D eigenvalue weighted by Crippen LogP contribution is 2.25. The van der Waals surface area contributed by atoms with Crippen LogP contribution in [0.25, 0.3) is 0 Å². The van der Waals surface area contributed by atoms with Crippen LogP contribution in [-0.4, -0.2) is 26.3 Å². The molecule has 2 atom stereocenters. The average molecular weight is 230 g/mol. The Morgan fingerprint density at radius 3 is 2.31 bits per heavy atom. The fourth-order valence-corrected chi connectivity index (χ4v) is 1.81. The Balaban J connectivity index is 3.83. The van der Waals surface area contributed by atoms with E-state index in [0.29, 0.717) is 5.92 Å². The molecule has 0 heterocycles. The van der Waals surface area contributed by atoms with Gasteiger partial charge in [0, 0.05) is 6.61 Å². The molecule has 4 N–H and O–H groups in total. The standard InChI is InChI=1S/C13H30N2O/c1-4-12(6-8-14)10-16-11-13(3,5-2)7-9-15/h12H,4-11,14-15H2,1-3H3. The molecule has 0 spiro atoms. The van der Waals surface area contributed by atoms with E-state index >= 15 is 0 Å². The molecule has 0 aromatic carbocycles. The number of nitrogens with two attached hydrogens (primary N) is 2. The maximum absolute atomic E-state index is 5.84. The zero-order valence-electron chi connectivity index (χ0n) is 11.3. The van der Waals surface area contributed by atoms with Crippen molar-refractivity contribution in [3.05, 3.63) is 0 Å². The fourth-order valence-electron chi connectivity index (χ4n) is 1.81. The summed E-state index contributed by atoms with van der Waals surface area (Å²) in [7, 11) is 0. The summed E-state index contributed by atoms with van der Waals surface area (Å²) in [4.78, 5) is 0. The van der Waals surface area contributed by atoms with E-state index in [1.54, 1.807) is 0 Å². The van der Waals surface area contributed by atoms with Crippen molar-refractivity contribution in [2.75, 3.05) is 26.3 Å². The van der Waals surface area contributed by atoms with Crippen LogP contribution in [0.4, 0.5) is 0 Å². The van der Waals surface area contributed by atoms with E-state index in [1.807, 2.05) is 0 Å². The highest BCUT2D eigenvalue weighted by Gasteiger charge is 2.21. The normalized spacial score (nSPS) is 17.1. The van der Waals surface area contributed by atoms with Crippen molar-refractivity contribution in [2.45, 2.75) is 46.5 Å². The molecular formula is C13H30N2O. The van der Waals surface area contributed by atoms with E-state index in [4.69, 9.17) is 16.2 Å². The first-order valence-corrected chi connectivity index (χ1v) is 6.59. The van der Waals surface area contributed by atoms with Gasteiger partial charge in [0.1, 0.15) is 0 Å². The van der Waals surface area contributed by atoms with Crippen LogP contribution in [0.3, 0.4) is 0 Å². The van der Waals surface area contributed by atoms with Gasteiger partial charge >= 0.3 is 0 Å². The van der Waals surface area contributed by atoms with Crippen molar-refractivity contribution >= 4 is 0 Å². The second-order valence-electron chi connectivity index (χ2n) is 5.07. The lowest BCUT2D eigenvalue weighted by atomic mass is 9.85. The van der Waals surface area contributed by atoms with Crippen LogP contribution in [-0.2, 0) is 4.74 Å². The molecule has 0 fully saturated rings. The SMILES string of the molecule is CCC(CCN)COCC(C)(CC)CCN. The smallest absolute Gasteiger partial charge is 0.0520 e. The minimum Gasteiger partial charge on any atom is -0.381 e. The molecule has 0 aliphatic heterocycles. The van der Waals surface area contributed by atoms with Gasteiger partial charge in [-0.15, -0.1) is 0 Å². The van der Waals surface area contributed by atoms with Crippen molar-refractivity contribution in [3.8, 4) is 0 Å². The van der Waals surface area contributed by atoms with Gasteiger partial charge in [-0.25, -0.2) is 0 Å². The predicted molar refractivity (Wildman–Crippen MR) is 70.3 cm³/mol. The Labute approximate surface area is 101 Å². The van der Waals surface area contributed by atoms with Crippen LogP contribution < -0.4 is 11.5 Å². The van der Waals surface area contributed by atoms with Crippen LogP contribution in [0.1, 0.15) is 46.5 Å². The minimum absolute atomic E-state index is 0.246. The van der Waals surface area contributed by atoms with Crippen molar-refractivity contribution < 1.29 is 4.74 Å². The lowest BCUT2D eigenvalue weighted by molar-refractivity contribution is 0.0256. The van der Waals surface area contributed by atoms with Gasteiger partial charge in [0.05, 0.1) is 6.61 Å². The van der Waals surface area contributed by atoms with Gasteiger partial charge in [-0.1, -0.05) is 27.2 Å². The monoisotopic (exact) mass is 230 g/mol. The largest absolute Gasteiger partial charge is 0.381 e. The predicted octanol–water partition coefficient (Wildman–Crippen LogP) is 2.14. The van der Waals surface area contributed by atoms with Gasteiger partial charge in [-0.05, 0) is 43.7 Å². The summed E-state index contributed by atoms with van der Waals surface area (Å²) < 4.78 is 5.84. The van der Waals surface area contributed by atoms with Crippen LogP contribution in [0, 0.1) is 11.3 Å². The topological polar surface area (TPSA) is 61.3 Å². The van der Waals surface area contributed by atoms with E-state index in [0.717, 1.165) is 52.0 Å². The van der Waals surface area contributed by atoms with Crippen molar-refractivity contribution in [2.24, 2.45) is 22.8 Å². The summed E-state index contributed by atoms with van der Waals surface area (Å²) in [6.07, 6.45) is 4.38. The molecule has 0 aromatic heterocycles. The van der Waals surface area contributed by atoms with Gasteiger partial charge in [0.2, 0.25) is 0 Å². The summed E-state index contributed by atoms with van der Waals surface area (Å²) in [5, 5.41) is 0. The number of ether oxygens (including phenoxy) is 1. The van der Waals surface area contributed by atoms with E-state index < -0.39 is 0 Å². The van der Waals surface area contributed by atoms with Gasteiger partial charge in [0.25, 0.3) is 0 Å². The summed E-state index contributed by atoms with van der Waals surface area (Å²) >= 11 is 0. The maximum atomic E-state index is 5.84. The lowest BCUT2D eigenvalue weighted by Crippen LogP contribution is -2.27. The molecule has 2 unspecified atom stereocenters. The third-order valence-corrected chi connectivity index (χ3v) is 3.56. The molecule has 3 heteroatoms. The quantitative estimate of drug-likeness (QED) is 0.604. The summed E-state index contributed by atoms with van der Waals surface area (Å²) in [6, 6.07) is 0. The first-order valence-electron chi connectivity index (χ1n) is 6.59.